The van der Waals surface area contributed by atoms with Gasteiger partial charge in [-0.05, 0) is 60.7 Å². The molecule has 1 fully saturated rings. The van der Waals surface area contributed by atoms with Crippen LogP contribution >= 0.6 is 27.7 Å². The Labute approximate surface area is 205 Å². The van der Waals surface area contributed by atoms with Gasteiger partial charge in [-0.15, -0.1) is 0 Å². The largest absolute Gasteiger partial charge is 0.492 e. The molecule has 0 saturated carbocycles. The first kappa shape index (κ1) is 23.1. The molecule has 0 atom stereocenters. The molecule has 168 valence electrons. The van der Waals surface area contributed by atoms with Crippen molar-refractivity contribution in [2.24, 2.45) is 0 Å². The Hall–Kier alpha value is -3.03. The molecule has 0 aliphatic carbocycles. The SMILES string of the molecule is Cc1ccc(OCCN2C(=O)S/C(=C\c3cc(Br)ccc3OCc3ccccc3)C2=O)cc1. The van der Waals surface area contributed by atoms with Crippen molar-refractivity contribution in [3.8, 4) is 11.5 Å². The lowest BCUT2D eigenvalue weighted by Crippen LogP contribution is -2.32. The number of carbonyl (C=O) groups excluding carboxylic acids is 2. The third kappa shape index (κ3) is 6.06. The number of halogens is 1. The summed E-state index contributed by atoms with van der Waals surface area (Å²) in [7, 11) is 0. The van der Waals surface area contributed by atoms with Crippen molar-refractivity contribution in [1.29, 1.82) is 0 Å². The van der Waals surface area contributed by atoms with Gasteiger partial charge in [0.25, 0.3) is 11.1 Å². The van der Waals surface area contributed by atoms with E-state index in [0.29, 0.717) is 23.0 Å². The second kappa shape index (κ2) is 10.7. The normalized spacial score (nSPS) is 14.7. The summed E-state index contributed by atoms with van der Waals surface area (Å²) in [5.41, 5.74) is 2.90. The summed E-state index contributed by atoms with van der Waals surface area (Å²) in [4.78, 5) is 26.9. The molecule has 33 heavy (non-hydrogen) atoms. The number of hydrogen-bond acceptors (Lipinski definition) is 5. The van der Waals surface area contributed by atoms with Gasteiger partial charge in [-0.1, -0.05) is 64.0 Å². The maximum atomic E-state index is 12.9. The summed E-state index contributed by atoms with van der Waals surface area (Å²) >= 11 is 4.40. The number of ether oxygens (including phenoxy) is 2. The summed E-state index contributed by atoms with van der Waals surface area (Å²) in [6, 6.07) is 23.1. The number of hydrogen-bond donors (Lipinski definition) is 0. The minimum atomic E-state index is -0.327. The van der Waals surface area contributed by atoms with Crippen LogP contribution in [0, 0.1) is 6.92 Å². The Morgan fingerprint density at radius 2 is 1.73 bits per heavy atom. The van der Waals surface area contributed by atoms with Crippen LogP contribution in [0.2, 0.25) is 0 Å². The van der Waals surface area contributed by atoms with Gasteiger partial charge in [-0.25, -0.2) is 0 Å². The molecule has 1 aliphatic heterocycles. The van der Waals surface area contributed by atoms with Crippen LogP contribution in [0.5, 0.6) is 11.5 Å². The molecule has 7 heteroatoms. The summed E-state index contributed by atoms with van der Waals surface area (Å²) in [6.07, 6.45) is 1.71. The zero-order valence-electron chi connectivity index (χ0n) is 18.0. The number of aryl methyl sites for hydroxylation is 1. The van der Waals surface area contributed by atoms with Crippen LogP contribution in [0.15, 0.2) is 82.2 Å². The van der Waals surface area contributed by atoms with Gasteiger partial charge in [0, 0.05) is 10.0 Å². The third-order valence-corrected chi connectivity index (χ3v) is 6.37. The molecule has 3 aromatic carbocycles. The molecular weight excluding hydrogens is 502 g/mol. The van der Waals surface area contributed by atoms with Gasteiger partial charge in [-0.2, -0.15) is 0 Å². The topological polar surface area (TPSA) is 55.8 Å². The molecule has 0 unspecified atom stereocenters. The van der Waals surface area contributed by atoms with Crippen molar-refractivity contribution < 1.29 is 19.1 Å². The lowest BCUT2D eigenvalue weighted by atomic mass is 10.1. The standard InChI is InChI=1S/C26H22BrNO4S/c1-18-7-10-22(11-8-18)31-14-13-28-25(29)24(33-26(28)30)16-20-15-21(27)9-12-23(20)32-17-19-5-3-2-4-6-19/h2-12,15-16H,13-14,17H2,1H3/b24-16-. The third-order valence-electron chi connectivity index (χ3n) is 4.97. The van der Waals surface area contributed by atoms with E-state index in [1.54, 1.807) is 6.08 Å². The van der Waals surface area contributed by atoms with Crippen LogP contribution in [-0.4, -0.2) is 29.2 Å². The van der Waals surface area contributed by atoms with Crippen LogP contribution in [-0.2, 0) is 11.4 Å². The zero-order chi connectivity index (χ0) is 23.2. The van der Waals surface area contributed by atoms with Crippen molar-refractivity contribution in [3.63, 3.8) is 0 Å². The number of benzene rings is 3. The summed E-state index contributed by atoms with van der Waals surface area (Å²) < 4.78 is 12.5. The van der Waals surface area contributed by atoms with E-state index in [4.69, 9.17) is 9.47 Å². The van der Waals surface area contributed by atoms with Crippen LogP contribution in [0.1, 0.15) is 16.7 Å². The van der Waals surface area contributed by atoms with Gasteiger partial charge >= 0.3 is 0 Å². The van der Waals surface area contributed by atoms with E-state index in [9.17, 15) is 9.59 Å². The van der Waals surface area contributed by atoms with Gasteiger partial charge < -0.3 is 9.47 Å². The lowest BCUT2D eigenvalue weighted by Gasteiger charge is -2.13. The van der Waals surface area contributed by atoms with E-state index in [-0.39, 0.29) is 24.3 Å². The molecule has 1 heterocycles. The highest BCUT2D eigenvalue weighted by Crippen LogP contribution is 2.35. The highest BCUT2D eigenvalue weighted by molar-refractivity contribution is 9.10. The monoisotopic (exact) mass is 523 g/mol. The van der Waals surface area contributed by atoms with Gasteiger partial charge in [0.1, 0.15) is 24.7 Å². The smallest absolute Gasteiger partial charge is 0.293 e. The average Bonchev–Trinajstić information content (AvgIpc) is 3.08. The Kier molecular flexibility index (Phi) is 7.52. The van der Waals surface area contributed by atoms with E-state index in [1.165, 1.54) is 4.90 Å². The molecule has 0 aromatic heterocycles. The maximum absolute atomic E-state index is 12.9. The van der Waals surface area contributed by atoms with Gasteiger partial charge in [-0.3, -0.25) is 14.5 Å². The molecular formula is C26H22BrNO4S. The molecule has 0 spiro atoms. The maximum Gasteiger partial charge on any atom is 0.293 e. The van der Waals surface area contributed by atoms with Gasteiger partial charge in [0.05, 0.1) is 11.4 Å². The number of thioether (sulfide) groups is 1. The number of rotatable bonds is 8. The number of amides is 2. The van der Waals surface area contributed by atoms with E-state index in [1.807, 2.05) is 79.7 Å². The Morgan fingerprint density at radius 3 is 2.48 bits per heavy atom. The van der Waals surface area contributed by atoms with Gasteiger partial charge in [0.15, 0.2) is 0 Å². The molecule has 5 nitrogen and oxygen atoms in total. The molecule has 2 amide bonds. The van der Waals surface area contributed by atoms with E-state index in [2.05, 4.69) is 15.9 Å². The fraction of sp³-hybridized carbons (Fsp3) is 0.154. The fourth-order valence-electron chi connectivity index (χ4n) is 3.22. The van der Waals surface area contributed by atoms with Crippen LogP contribution in [0.25, 0.3) is 6.08 Å². The van der Waals surface area contributed by atoms with E-state index < -0.39 is 0 Å². The van der Waals surface area contributed by atoms with Crippen LogP contribution < -0.4 is 9.47 Å². The summed E-state index contributed by atoms with van der Waals surface area (Å²) in [5.74, 6) is 1.01. The Balaban J connectivity index is 1.44. The average molecular weight is 524 g/mol. The van der Waals surface area contributed by atoms with E-state index >= 15 is 0 Å². The summed E-state index contributed by atoms with van der Waals surface area (Å²) in [5, 5.41) is -0.305. The first-order chi connectivity index (χ1) is 16.0. The second-order valence-corrected chi connectivity index (χ2v) is 9.36. The highest BCUT2D eigenvalue weighted by Gasteiger charge is 2.35. The molecule has 4 rings (SSSR count). The Morgan fingerprint density at radius 1 is 0.970 bits per heavy atom. The molecule has 0 bridgehead atoms. The van der Waals surface area contributed by atoms with Crippen LogP contribution in [0.4, 0.5) is 4.79 Å². The second-order valence-electron chi connectivity index (χ2n) is 7.45. The lowest BCUT2D eigenvalue weighted by molar-refractivity contribution is -0.123. The van der Waals surface area contributed by atoms with Crippen molar-refractivity contribution in [2.75, 3.05) is 13.2 Å². The molecule has 1 aliphatic rings. The number of imide groups is 1. The Bertz CT molecular complexity index is 1180. The molecule has 3 aromatic rings. The van der Waals surface area contributed by atoms with Gasteiger partial charge in [0.2, 0.25) is 0 Å². The van der Waals surface area contributed by atoms with Crippen molar-refractivity contribution in [2.45, 2.75) is 13.5 Å². The molecule has 0 radical (unpaired) electrons. The molecule has 1 saturated heterocycles. The minimum Gasteiger partial charge on any atom is -0.492 e. The highest BCUT2D eigenvalue weighted by atomic mass is 79.9. The molecule has 0 N–H and O–H groups in total. The fourth-order valence-corrected chi connectivity index (χ4v) is 4.46. The van der Waals surface area contributed by atoms with Crippen molar-refractivity contribution >= 4 is 44.9 Å². The minimum absolute atomic E-state index is 0.186. The number of carbonyl (C=O) groups is 2. The van der Waals surface area contributed by atoms with Crippen molar-refractivity contribution in [3.05, 3.63) is 98.9 Å². The quantitative estimate of drug-likeness (QED) is 0.317. The van der Waals surface area contributed by atoms with Crippen molar-refractivity contribution in [1.82, 2.24) is 4.90 Å². The van der Waals surface area contributed by atoms with Crippen LogP contribution in [0.3, 0.4) is 0 Å². The number of nitrogens with zero attached hydrogens (tertiary/aromatic N) is 1. The first-order valence-electron chi connectivity index (χ1n) is 10.4. The summed E-state index contributed by atoms with van der Waals surface area (Å²) in [6.45, 7) is 2.82. The van der Waals surface area contributed by atoms with E-state index in [0.717, 1.165) is 32.9 Å². The zero-order valence-corrected chi connectivity index (χ0v) is 20.4. The predicted molar refractivity (Wildman–Crippen MR) is 134 cm³/mol. The predicted octanol–water partition coefficient (Wildman–Crippen LogP) is 6.45. The first-order valence-corrected chi connectivity index (χ1v) is 12.0.